The minimum atomic E-state index is 0.420. The number of aromatic nitrogens is 4. The van der Waals surface area contributed by atoms with Gasteiger partial charge in [-0.15, -0.1) is 0 Å². The van der Waals surface area contributed by atoms with E-state index in [1.54, 1.807) is 6.20 Å². The molecule has 0 atom stereocenters. The highest BCUT2D eigenvalue weighted by Gasteiger charge is 2.07. The van der Waals surface area contributed by atoms with Crippen LogP contribution >= 0.6 is 0 Å². The van der Waals surface area contributed by atoms with Crippen LogP contribution in [-0.4, -0.2) is 25.9 Å². The molecule has 0 bridgehead atoms. The highest BCUT2D eigenvalue weighted by molar-refractivity contribution is 5.29. The quantitative estimate of drug-likeness (QED) is 0.860. The summed E-state index contributed by atoms with van der Waals surface area (Å²) in [5.41, 5.74) is 1.04. The summed E-state index contributed by atoms with van der Waals surface area (Å²) in [5, 5.41) is 7.50. The normalized spacial score (nSPS) is 11.1. The molecule has 17 heavy (non-hydrogen) atoms. The van der Waals surface area contributed by atoms with Crippen LogP contribution in [0.25, 0.3) is 0 Å². The minimum Gasteiger partial charge on any atom is -0.354 e. The van der Waals surface area contributed by atoms with E-state index in [-0.39, 0.29) is 0 Å². The Balaban J connectivity index is 1.94. The first-order chi connectivity index (χ1) is 8.16. The zero-order chi connectivity index (χ0) is 12.3. The fourth-order valence-corrected chi connectivity index (χ4v) is 1.76. The molecule has 92 valence electrons. The highest BCUT2D eigenvalue weighted by Crippen LogP contribution is 2.14. The maximum Gasteiger partial charge on any atom is 0.203 e. The van der Waals surface area contributed by atoms with Crippen LogP contribution in [0.1, 0.15) is 25.6 Å². The maximum absolute atomic E-state index is 4.47. The molecule has 2 rings (SSSR count). The molecular formula is C12H19N5. The predicted molar refractivity (Wildman–Crippen MR) is 68.1 cm³/mol. The summed E-state index contributed by atoms with van der Waals surface area (Å²) in [4.78, 5) is 4.47. The number of rotatable bonds is 5. The van der Waals surface area contributed by atoms with Crippen molar-refractivity contribution in [3.05, 3.63) is 30.4 Å². The van der Waals surface area contributed by atoms with Crippen molar-refractivity contribution in [1.82, 2.24) is 19.3 Å². The molecule has 0 aromatic carbocycles. The zero-order valence-electron chi connectivity index (χ0n) is 10.6. The van der Waals surface area contributed by atoms with E-state index in [1.807, 2.05) is 23.9 Å². The van der Waals surface area contributed by atoms with Gasteiger partial charge in [-0.05, 0) is 26.8 Å². The topological polar surface area (TPSA) is 47.7 Å². The van der Waals surface area contributed by atoms with E-state index < -0.39 is 0 Å². The van der Waals surface area contributed by atoms with Gasteiger partial charge in [-0.2, -0.15) is 5.10 Å². The second-order valence-corrected chi connectivity index (χ2v) is 4.40. The van der Waals surface area contributed by atoms with E-state index in [4.69, 9.17) is 0 Å². The Bertz CT molecular complexity index is 455. The van der Waals surface area contributed by atoms with Gasteiger partial charge in [0.05, 0.1) is 12.2 Å². The van der Waals surface area contributed by atoms with Gasteiger partial charge in [0.25, 0.3) is 0 Å². The molecule has 0 aliphatic heterocycles. The molecule has 0 spiro atoms. The lowest BCUT2D eigenvalue weighted by Crippen LogP contribution is -2.14. The summed E-state index contributed by atoms with van der Waals surface area (Å²) in [6, 6.07) is 2.35. The van der Waals surface area contributed by atoms with Gasteiger partial charge >= 0.3 is 0 Å². The van der Waals surface area contributed by atoms with Crippen molar-refractivity contribution in [3.63, 3.8) is 0 Å². The van der Waals surface area contributed by atoms with E-state index in [0.717, 1.165) is 24.7 Å². The lowest BCUT2D eigenvalue weighted by molar-refractivity contribution is 0.595. The number of nitrogens with zero attached hydrogens (tertiary/aromatic N) is 4. The molecule has 0 saturated heterocycles. The summed E-state index contributed by atoms with van der Waals surface area (Å²) >= 11 is 0. The van der Waals surface area contributed by atoms with Crippen LogP contribution in [0.2, 0.25) is 0 Å². The third-order valence-corrected chi connectivity index (χ3v) is 2.59. The molecule has 2 aromatic heterocycles. The summed E-state index contributed by atoms with van der Waals surface area (Å²) in [5.74, 6) is 0.935. The summed E-state index contributed by atoms with van der Waals surface area (Å²) < 4.78 is 4.06. The minimum absolute atomic E-state index is 0.420. The molecular weight excluding hydrogens is 214 g/mol. The fraction of sp³-hybridized carbons (Fsp3) is 0.500. The molecule has 0 radical (unpaired) electrons. The number of hydrogen-bond acceptors (Lipinski definition) is 3. The van der Waals surface area contributed by atoms with Gasteiger partial charge in [0.15, 0.2) is 0 Å². The standard InChI is InChI=1S/C12H19N5/c1-10(2)17-9-11(3)15-12(17)13-6-8-16-7-4-5-14-16/h4-5,7,9-10H,6,8H2,1-3H3,(H,13,15). The van der Waals surface area contributed by atoms with Gasteiger partial charge in [-0.3, -0.25) is 4.68 Å². The monoisotopic (exact) mass is 233 g/mol. The van der Waals surface area contributed by atoms with Gasteiger partial charge in [0.2, 0.25) is 5.95 Å². The second-order valence-electron chi connectivity index (χ2n) is 4.40. The first-order valence-corrected chi connectivity index (χ1v) is 5.93. The molecule has 2 heterocycles. The Kier molecular flexibility index (Phi) is 3.46. The SMILES string of the molecule is Cc1cn(C(C)C)c(NCCn2cccn2)n1. The van der Waals surface area contributed by atoms with E-state index in [1.165, 1.54) is 0 Å². The molecule has 5 nitrogen and oxygen atoms in total. The van der Waals surface area contributed by atoms with Crippen LogP contribution in [0.5, 0.6) is 0 Å². The number of hydrogen-bond donors (Lipinski definition) is 1. The van der Waals surface area contributed by atoms with E-state index in [9.17, 15) is 0 Å². The molecule has 0 aliphatic rings. The van der Waals surface area contributed by atoms with Crippen molar-refractivity contribution in [2.75, 3.05) is 11.9 Å². The molecule has 5 heteroatoms. The smallest absolute Gasteiger partial charge is 0.203 e. The predicted octanol–water partition coefficient (Wildman–Crippen LogP) is 2.08. The molecule has 0 fully saturated rings. The molecule has 1 N–H and O–H groups in total. The fourth-order valence-electron chi connectivity index (χ4n) is 1.76. The second kappa shape index (κ2) is 5.03. The number of imidazole rings is 1. The lowest BCUT2D eigenvalue weighted by atomic mass is 10.4. The van der Waals surface area contributed by atoms with Crippen LogP contribution in [-0.2, 0) is 6.54 Å². The van der Waals surface area contributed by atoms with E-state index in [0.29, 0.717) is 6.04 Å². The summed E-state index contributed by atoms with van der Waals surface area (Å²) in [6.45, 7) is 7.99. The van der Waals surface area contributed by atoms with Gasteiger partial charge in [0.1, 0.15) is 0 Å². The summed E-state index contributed by atoms with van der Waals surface area (Å²) in [6.07, 6.45) is 5.82. The Morgan fingerprint density at radius 1 is 1.41 bits per heavy atom. The largest absolute Gasteiger partial charge is 0.354 e. The first kappa shape index (κ1) is 11.7. The summed E-state index contributed by atoms with van der Waals surface area (Å²) in [7, 11) is 0. The van der Waals surface area contributed by atoms with Crippen LogP contribution in [0.15, 0.2) is 24.7 Å². The van der Waals surface area contributed by atoms with Crippen molar-refractivity contribution >= 4 is 5.95 Å². The molecule has 0 amide bonds. The lowest BCUT2D eigenvalue weighted by Gasteiger charge is -2.12. The zero-order valence-corrected chi connectivity index (χ0v) is 10.6. The first-order valence-electron chi connectivity index (χ1n) is 5.93. The van der Waals surface area contributed by atoms with Crippen molar-refractivity contribution in [2.24, 2.45) is 0 Å². The van der Waals surface area contributed by atoms with E-state index in [2.05, 4.69) is 40.0 Å². The van der Waals surface area contributed by atoms with Gasteiger partial charge in [-0.1, -0.05) is 0 Å². The number of anilines is 1. The van der Waals surface area contributed by atoms with Crippen LogP contribution in [0.3, 0.4) is 0 Å². The molecule has 0 saturated carbocycles. The van der Waals surface area contributed by atoms with Crippen molar-refractivity contribution in [1.29, 1.82) is 0 Å². The van der Waals surface area contributed by atoms with Crippen molar-refractivity contribution in [2.45, 2.75) is 33.4 Å². The number of aryl methyl sites for hydroxylation is 1. The number of nitrogens with one attached hydrogen (secondary N) is 1. The maximum atomic E-state index is 4.47. The van der Waals surface area contributed by atoms with Crippen LogP contribution in [0, 0.1) is 6.92 Å². The van der Waals surface area contributed by atoms with Gasteiger partial charge in [0, 0.05) is 31.2 Å². The van der Waals surface area contributed by atoms with Crippen LogP contribution in [0.4, 0.5) is 5.95 Å². The van der Waals surface area contributed by atoms with Gasteiger partial charge < -0.3 is 9.88 Å². The highest BCUT2D eigenvalue weighted by atomic mass is 15.3. The van der Waals surface area contributed by atoms with E-state index >= 15 is 0 Å². The van der Waals surface area contributed by atoms with Crippen LogP contribution < -0.4 is 5.32 Å². The van der Waals surface area contributed by atoms with Crippen molar-refractivity contribution in [3.8, 4) is 0 Å². The average molecular weight is 233 g/mol. The molecule has 0 unspecified atom stereocenters. The Morgan fingerprint density at radius 2 is 2.24 bits per heavy atom. The van der Waals surface area contributed by atoms with Gasteiger partial charge in [-0.25, -0.2) is 4.98 Å². The molecule has 2 aromatic rings. The third-order valence-electron chi connectivity index (χ3n) is 2.59. The third kappa shape index (κ3) is 2.87. The Hall–Kier alpha value is -1.78. The average Bonchev–Trinajstić information content (AvgIpc) is 2.88. The Morgan fingerprint density at radius 3 is 2.88 bits per heavy atom. The Labute approximate surface area is 101 Å². The molecule has 0 aliphatic carbocycles. The van der Waals surface area contributed by atoms with Crippen molar-refractivity contribution < 1.29 is 0 Å².